The summed E-state index contributed by atoms with van der Waals surface area (Å²) >= 11 is 0. The lowest BCUT2D eigenvalue weighted by atomic mass is 9.34. The number of aliphatic hydroxyl groups is 9. The van der Waals surface area contributed by atoms with Crippen LogP contribution < -0.4 is 0 Å². The van der Waals surface area contributed by atoms with Crippen LogP contribution in [0.3, 0.4) is 0 Å². The molecular weight excluding hydrogens is 712 g/mol. The van der Waals surface area contributed by atoms with Crippen LogP contribution in [-0.4, -0.2) is 138 Å². The van der Waals surface area contributed by atoms with E-state index in [9.17, 15) is 46.0 Å². The Balaban J connectivity index is 1.38. The highest BCUT2D eigenvalue weighted by Crippen LogP contribution is 2.76. The van der Waals surface area contributed by atoms with Crippen LogP contribution in [0.2, 0.25) is 0 Å². The second kappa shape index (κ2) is 15.4. The molecule has 4 saturated carbocycles. The zero-order valence-electron chi connectivity index (χ0n) is 34.4. The molecule has 0 aromatic heterocycles. The SMILES string of the molecule is CC(C)=CCC[C@@](C)(O)[C@H]1CC[C@@]2(C)[C@@H]1[C@H](O)C[C@@H]1[C@@]3(C)CC[C@H](O)C(C)(C)[C@H]3[C@@H](O[C@H]3O[C@@H](CO)[C@H](O)[C@@H](O)[C@@H]3O[C@@H]3O[C@H](C)[C@@H](O)[C@H](O)[C@@H]3O)C[C@]12C. The average Bonchev–Trinajstić information content (AvgIpc) is 3.49. The maximum atomic E-state index is 12.3. The molecule has 2 heterocycles. The Hall–Kier alpha value is -0.780. The van der Waals surface area contributed by atoms with Crippen LogP contribution in [0.4, 0.5) is 0 Å². The summed E-state index contributed by atoms with van der Waals surface area (Å²) in [6, 6.07) is 0. The van der Waals surface area contributed by atoms with Crippen molar-refractivity contribution in [1.82, 2.24) is 0 Å². The van der Waals surface area contributed by atoms with Crippen molar-refractivity contribution >= 4 is 0 Å². The van der Waals surface area contributed by atoms with Crippen molar-refractivity contribution in [1.29, 1.82) is 0 Å². The van der Waals surface area contributed by atoms with Gasteiger partial charge in [0.05, 0.1) is 36.6 Å². The molecule has 6 rings (SSSR count). The lowest BCUT2D eigenvalue weighted by molar-refractivity contribution is -0.382. The fourth-order valence-corrected chi connectivity index (χ4v) is 13.3. The number of aliphatic hydroxyl groups excluding tert-OH is 8. The highest BCUT2D eigenvalue weighted by Gasteiger charge is 2.73. The summed E-state index contributed by atoms with van der Waals surface area (Å²) in [5.41, 5.74) is -1.71. The van der Waals surface area contributed by atoms with Crippen molar-refractivity contribution < 1.29 is 64.9 Å². The van der Waals surface area contributed by atoms with Gasteiger partial charge in [0.15, 0.2) is 12.6 Å². The van der Waals surface area contributed by atoms with Gasteiger partial charge in [0.2, 0.25) is 0 Å². The van der Waals surface area contributed by atoms with E-state index in [2.05, 4.69) is 40.7 Å². The maximum Gasteiger partial charge on any atom is 0.187 e. The molecule has 21 atom stereocenters. The molecule has 2 saturated heterocycles. The van der Waals surface area contributed by atoms with Gasteiger partial charge >= 0.3 is 0 Å². The molecule has 2 aliphatic heterocycles. The number of ether oxygens (including phenoxy) is 4. The number of hydrogen-bond acceptors (Lipinski definition) is 13. The van der Waals surface area contributed by atoms with Crippen LogP contribution in [-0.2, 0) is 18.9 Å². The van der Waals surface area contributed by atoms with Crippen LogP contribution in [0.1, 0.15) is 114 Å². The monoisotopic (exact) mass is 784 g/mol. The Morgan fingerprint density at radius 1 is 0.818 bits per heavy atom. The van der Waals surface area contributed by atoms with Crippen LogP contribution in [0.25, 0.3) is 0 Å². The first-order chi connectivity index (χ1) is 25.5. The van der Waals surface area contributed by atoms with Crippen LogP contribution in [0.5, 0.6) is 0 Å². The topological polar surface area (TPSA) is 219 Å². The standard InChI is InChI=1S/C42H72O13/c1-20(2)11-10-14-42(9,51)22-12-16-40(7)28(22)23(44)17-26-39(6)15-13-27(45)38(4,5)35(39)24(18-41(26,40)8)53-37-34(32(49)30(47)25(19-43)54-37)55-36-33(50)31(48)29(46)21(3)52-36/h11,21-37,43-51H,10,12-19H2,1-9H3/t21-,22+,23-,24+,25+,26-,27+,28+,29-,30+,31+,32-,33+,34+,35-,36+,37+,39-,40+,41-,42-/m1/s1. The van der Waals surface area contributed by atoms with Crippen molar-refractivity contribution in [3.63, 3.8) is 0 Å². The van der Waals surface area contributed by atoms with Gasteiger partial charge in [0.25, 0.3) is 0 Å². The largest absolute Gasteiger partial charge is 0.394 e. The fourth-order valence-electron chi connectivity index (χ4n) is 13.3. The molecule has 55 heavy (non-hydrogen) atoms. The highest BCUT2D eigenvalue weighted by atomic mass is 16.8. The Morgan fingerprint density at radius 2 is 1.49 bits per heavy atom. The van der Waals surface area contributed by atoms with Gasteiger partial charge in [-0.1, -0.05) is 46.3 Å². The van der Waals surface area contributed by atoms with E-state index in [1.165, 1.54) is 12.5 Å². The molecule has 0 aromatic carbocycles. The molecule has 13 nitrogen and oxygen atoms in total. The lowest BCUT2D eigenvalue weighted by Crippen LogP contribution is -2.71. The molecule has 0 bridgehead atoms. The lowest BCUT2D eigenvalue weighted by Gasteiger charge is -2.72. The third kappa shape index (κ3) is 7.10. The highest BCUT2D eigenvalue weighted by molar-refractivity contribution is 5.22. The molecule has 9 N–H and O–H groups in total. The second-order valence-electron chi connectivity index (χ2n) is 20.3. The molecule has 0 unspecified atom stereocenters. The number of allylic oxidation sites excluding steroid dienone is 2. The minimum absolute atomic E-state index is 0.0411. The quantitative estimate of drug-likeness (QED) is 0.121. The summed E-state index contributed by atoms with van der Waals surface area (Å²) in [5, 5.41) is 100. The predicted molar refractivity (Wildman–Crippen MR) is 201 cm³/mol. The summed E-state index contributed by atoms with van der Waals surface area (Å²) in [4.78, 5) is 0. The molecule has 13 heteroatoms. The number of hydrogen-bond donors (Lipinski definition) is 9. The molecular formula is C42H72O13. The fraction of sp³-hybridized carbons (Fsp3) is 0.952. The van der Waals surface area contributed by atoms with Crippen molar-refractivity contribution in [2.45, 2.75) is 199 Å². The van der Waals surface area contributed by atoms with E-state index >= 15 is 0 Å². The van der Waals surface area contributed by atoms with E-state index < -0.39 is 114 Å². The first kappa shape index (κ1) is 43.8. The van der Waals surface area contributed by atoms with E-state index in [4.69, 9.17) is 18.9 Å². The maximum absolute atomic E-state index is 12.3. The van der Waals surface area contributed by atoms with Crippen molar-refractivity contribution in [3.8, 4) is 0 Å². The van der Waals surface area contributed by atoms with Crippen LogP contribution in [0, 0.1) is 45.3 Å². The molecule has 4 aliphatic carbocycles. The first-order valence-electron chi connectivity index (χ1n) is 20.8. The van der Waals surface area contributed by atoms with Gasteiger partial charge in [-0.2, -0.15) is 0 Å². The minimum Gasteiger partial charge on any atom is -0.394 e. The Labute approximate surface area is 327 Å². The first-order valence-corrected chi connectivity index (χ1v) is 20.8. The van der Waals surface area contributed by atoms with E-state index in [0.717, 1.165) is 19.3 Å². The van der Waals surface area contributed by atoms with Crippen LogP contribution >= 0.6 is 0 Å². The molecule has 318 valence electrons. The van der Waals surface area contributed by atoms with Crippen LogP contribution in [0.15, 0.2) is 11.6 Å². The third-order valence-corrected chi connectivity index (χ3v) is 16.5. The summed E-state index contributed by atoms with van der Waals surface area (Å²) < 4.78 is 25.1. The molecule has 6 fully saturated rings. The van der Waals surface area contributed by atoms with Gasteiger partial charge in [-0.05, 0) is 124 Å². The second-order valence-corrected chi connectivity index (χ2v) is 20.3. The van der Waals surface area contributed by atoms with Gasteiger partial charge in [-0.15, -0.1) is 0 Å². The smallest absolute Gasteiger partial charge is 0.187 e. The Kier molecular flexibility index (Phi) is 12.2. The average molecular weight is 785 g/mol. The van der Waals surface area contributed by atoms with Crippen molar-refractivity contribution in [3.05, 3.63) is 11.6 Å². The molecule has 0 amide bonds. The van der Waals surface area contributed by atoms with E-state index in [1.54, 1.807) is 0 Å². The number of fused-ring (bicyclic) bond motifs is 5. The normalized spacial score (nSPS) is 53.4. The zero-order chi connectivity index (χ0) is 40.8. The Morgan fingerprint density at radius 3 is 2.13 bits per heavy atom. The molecule has 6 aliphatic rings. The van der Waals surface area contributed by atoms with Crippen molar-refractivity contribution in [2.24, 2.45) is 45.3 Å². The van der Waals surface area contributed by atoms with E-state index in [0.29, 0.717) is 32.1 Å². The van der Waals surface area contributed by atoms with Gasteiger partial charge in [-0.25, -0.2) is 0 Å². The predicted octanol–water partition coefficient (Wildman–Crippen LogP) is 2.15. The molecule has 0 spiro atoms. The van der Waals surface area contributed by atoms with E-state index in [-0.39, 0.29) is 23.7 Å². The van der Waals surface area contributed by atoms with Gasteiger partial charge in [0.1, 0.15) is 42.7 Å². The third-order valence-electron chi connectivity index (χ3n) is 16.5. The molecule has 0 aromatic rings. The zero-order valence-corrected chi connectivity index (χ0v) is 34.4. The molecule has 0 radical (unpaired) electrons. The summed E-state index contributed by atoms with van der Waals surface area (Å²) in [6.07, 6.45) is -8.99. The van der Waals surface area contributed by atoms with Gasteiger partial charge in [-0.3, -0.25) is 0 Å². The van der Waals surface area contributed by atoms with Crippen molar-refractivity contribution in [2.75, 3.05) is 6.61 Å². The van der Waals surface area contributed by atoms with Gasteiger partial charge in [0, 0.05) is 0 Å². The summed E-state index contributed by atoms with van der Waals surface area (Å²) in [7, 11) is 0. The van der Waals surface area contributed by atoms with Gasteiger partial charge < -0.3 is 64.9 Å². The minimum atomic E-state index is -1.70. The van der Waals surface area contributed by atoms with E-state index in [1.807, 2.05) is 20.8 Å². The summed E-state index contributed by atoms with van der Waals surface area (Å²) in [6.45, 7) is 17.8. The Bertz CT molecular complexity index is 1390. The number of rotatable bonds is 9. The summed E-state index contributed by atoms with van der Waals surface area (Å²) in [5.74, 6) is -0.526.